The zero-order valence-corrected chi connectivity index (χ0v) is 17.9. The van der Waals surface area contributed by atoms with Crippen LogP contribution in [-0.4, -0.2) is 33.3 Å². The Hall–Kier alpha value is -3.58. The first kappa shape index (κ1) is 28.7. The maximum Gasteiger partial charge on any atom is 0.257 e. The van der Waals surface area contributed by atoms with Crippen LogP contribution in [-0.2, 0) is 9.47 Å². The van der Waals surface area contributed by atoms with E-state index in [4.69, 9.17) is 9.47 Å². The summed E-state index contributed by atoms with van der Waals surface area (Å²) in [5, 5.41) is 31.0. The fraction of sp³-hybridized carbons (Fsp3) is 0.391. The van der Waals surface area contributed by atoms with Crippen molar-refractivity contribution in [3.63, 3.8) is 0 Å². The molecule has 13 heteroatoms. The molecule has 9 nitrogen and oxygen atoms in total. The number of aliphatic hydroxyl groups excluding tert-OH is 1. The van der Waals surface area contributed by atoms with E-state index >= 15 is 0 Å². The molecule has 1 N–H and O–H groups in total. The highest BCUT2D eigenvalue weighted by Gasteiger charge is 2.41. The van der Waals surface area contributed by atoms with Crippen LogP contribution in [0.4, 0.5) is 17.6 Å². The third kappa shape index (κ3) is 6.76. The Labute approximate surface area is 203 Å². The number of nitrogens with zero attached hydrogens (tertiary/aromatic N) is 2. The first-order valence-electron chi connectivity index (χ1n) is 10.4. The quantitative estimate of drug-likeness (QED) is 0.344. The lowest BCUT2D eigenvalue weighted by molar-refractivity contribution is -0.547. The molecule has 2 aromatic carbocycles. The van der Waals surface area contributed by atoms with Gasteiger partial charge in [-0.05, 0) is 42.5 Å². The number of aliphatic hydroxyl groups is 1. The van der Waals surface area contributed by atoms with E-state index in [0.717, 1.165) is 36.4 Å². The van der Waals surface area contributed by atoms with Gasteiger partial charge in [-0.2, -0.15) is 0 Å². The van der Waals surface area contributed by atoms with Crippen LogP contribution in [0.25, 0.3) is 0 Å². The van der Waals surface area contributed by atoms with Crippen LogP contribution in [0, 0.1) is 43.5 Å². The molecule has 1 saturated heterocycles. The molecule has 2 aromatic rings. The van der Waals surface area contributed by atoms with Gasteiger partial charge in [0.2, 0.25) is 6.04 Å². The molecule has 0 amide bonds. The van der Waals surface area contributed by atoms with Crippen molar-refractivity contribution in [1.29, 1.82) is 0 Å². The van der Waals surface area contributed by atoms with Crippen LogP contribution in [0.3, 0.4) is 0 Å². The predicted molar refractivity (Wildman–Crippen MR) is 118 cm³/mol. The Morgan fingerprint density at radius 2 is 1.36 bits per heavy atom. The summed E-state index contributed by atoms with van der Waals surface area (Å²) >= 11 is 0. The SMILES string of the molecule is C.O=[N+]([O-])C1CC=CO[C@@H]1c1cc(F)ccc1F.O=[N+]([O-])C1CCC(O)O[C@@H]1c1cc(F)ccc1F. The zero-order chi connectivity index (χ0) is 25.7. The third-order valence-electron chi connectivity index (χ3n) is 5.48. The van der Waals surface area contributed by atoms with E-state index in [1.165, 1.54) is 12.3 Å². The van der Waals surface area contributed by atoms with Crippen molar-refractivity contribution in [3.05, 3.63) is 103 Å². The van der Waals surface area contributed by atoms with Gasteiger partial charge in [0.25, 0.3) is 6.04 Å². The maximum atomic E-state index is 13.6. The summed E-state index contributed by atoms with van der Waals surface area (Å²) in [6.07, 6.45) is -0.531. The fourth-order valence-corrected chi connectivity index (χ4v) is 3.78. The Bertz CT molecular complexity index is 1120. The lowest BCUT2D eigenvalue weighted by Crippen LogP contribution is -2.38. The van der Waals surface area contributed by atoms with Crippen molar-refractivity contribution >= 4 is 0 Å². The highest BCUT2D eigenvalue weighted by atomic mass is 19.1. The molecule has 2 aliphatic heterocycles. The first-order chi connectivity index (χ1) is 16.6. The summed E-state index contributed by atoms with van der Waals surface area (Å²) in [6, 6.07) is 3.18. The van der Waals surface area contributed by atoms with Crippen LogP contribution in [0.2, 0.25) is 0 Å². The van der Waals surface area contributed by atoms with Crippen LogP contribution < -0.4 is 0 Å². The normalized spacial score (nSPS) is 25.0. The second-order valence-electron chi connectivity index (χ2n) is 7.79. The molecule has 0 saturated carbocycles. The summed E-state index contributed by atoms with van der Waals surface area (Å²) in [6.45, 7) is 0. The maximum absolute atomic E-state index is 13.6. The molecule has 36 heavy (non-hydrogen) atoms. The van der Waals surface area contributed by atoms with Gasteiger partial charge in [-0.25, -0.2) is 17.6 Å². The van der Waals surface area contributed by atoms with Gasteiger partial charge in [0, 0.05) is 40.2 Å². The van der Waals surface area contributed by atoms with Crippen LogP contribution in [0.5, 0.6) is 0 Å². The monoisotopic (exact) mass is 516 g/mol. The molecule has 1 fully saturated rings. The summed E-state index contributed by atoms with van der Waals surface area (Å²) < 4.78 is 63.2. The smallest absolute Gasteiger partial charge is 0.257 e. The predicted octanol–water partition coefficient (Wildman–Crippen LogP) is 5.00. The molecule has 0 aliphatic carbocycles. The fourth-order valence-electron chi connectivity index (χ4n) is 3.78. The lowest BCUT2D eigenvalue weighted by Gasteiger charge is -2.29. The van der Waals surface area contributed by atoms with E-state index in [0.29, 0.717) is 0 Å². The van der Waals surface area contributed by atoms with Gasteiger partial charge in [0.1, 0.15) is 23.3 Å². The van der Waals surface area contributed by atoms with Crippen molar-refractivity contribution in [2.24, 2.45) is 0 Å². The third-order valence-corrected chi connectivity index (χ3v) is 5.48. The molecule has 2 heterocycles. The van der Waals surface area contributed by atoms with Crippen LogP contribution >= 0.6 is 0 Å². The van der Waals surface area contributed by atoms with E-state index in [9.17, 15) is 42.9 Å². The number of hydrogen-bond donors (Lipinski definition) is 1. The molecule has 3 unspecified atom stereocenters. The zero-order valence-electron chi connectivity index (χ0n) is 17.9. The molecule has 0 bridgehead atoms. The Morgan fingerprint density at radius 1 is 0.833 bits per heavy atom. The van der Waals surface area contributed by atoms with Gasteiger partial charge in [-0.1, -0.05) is 7.43 Å². The first-order valence-corrected chi connectivity index (χ1v) is 10.4. The molecule has 196 valence electrons. The second-order valence-corrected chi connectivity index (χ2v) is 7.79. The van der Waals surface area contributed by atoms with Crippen molar-refractivity contribution in [1.82, 2.24) is 0 Å². The molecule has 0 aromatic heterocycles. The average Bonchev–Trinajstić information content (AvgIpc) is 2.82. The van der Waals surface area contributed by atoms with E-state index in [2.05, 4.69) is 0 Å². The van der Waals surface area contributed by atoms with E-state index < -0.39 is 63.7 Å². The van der Waals surface area contributed by atoms with Gasteiger partial charge in [0.05, 0.1) is 6.26 Å². The number of rotatable bonds is 4. The van der Waals surface area contributed by atoms with Gasteiger partial charge in [-0.15, -0.1) is 0 Å². The molecule has 0 spiro atoms. The Kier molecular flexibility index (Phi) is 9.87. The van der Waals surface area contributed by atoms with E-state index in [1.54, 1.807) is 0 Å². The van der Waals surface area contributed by atoms with Crippen molar-refractivity contribution < 1.29 is 42.0 Å². The van der Waals surface area contributed by atoms with Crippen molar-refractivity contribution in [3.8, 4) is 0 Å². The highest BCUT2D eigenvalue weighted by Crippen LogP contribution is 2.34. The lowest BCUT2D eigenvalue weighted by atomic mass is 9.95. The van der Waals surface area contributed by atoms with E-state index in [1.807, 2.05) is 0 Å². The number of ether oxygens (including phenoxy) is 2. The number of halogens is 4. The summed E-state index contributed by atoms with van der Waals surface area (Å²) in [5.41, 5.74) is -0.369. The average molecular weight is 516 g/mol. The molecule has 5 atom stereocenters. The van der Waals surface area contributed by atoms with Crippen molar-refractivity contribution in [2.75, 3.05) is 0 Å². The van der Waals surface area contributed by atoms with Gasteiger partial charge < -0.3 is 14.6 Å². The minimum atomic E-state index is -1.28. The number of hydrogen-bond acceptors (Lipinski definition) is 7. The highest BCUT2D eigenvalue weighted by molar-refractivity contribution is 5.24. The molecule has 2 aliphatic rings. The number of nitro groups is 2. The Morgan fingerprint density at radius 3 is 1.89 bits per heavy atom. The summed E-state index contributed by atoms with van der Waals surface area (Å²) in [5.74, 6) is -2.86. The van der Waals surface area contributed by atoms with Crippen molar-refractivity contribution in [2.45, 2.75) is 57.3 Å². The molecule has 0 radical (unpaired) electrons. The minimum Gasteiger partial charge on any atom is -0.486 e. The van der Waals surface area contributed by atoms with Gasteiger partial charge >= 0.3 is 0 Å². The standard InChI is InChI=1S/C11H11F2NO4.C11H9F2NO3.CH4/c12-6-1-2-8(13)7(5-6)11-9(14(16)17)3-4-10(15)18-11;12-7-3-4-9(13)8(6-7)11-10(14(15)16)2-1-5-17-11;/h1-2,5,9-11,15H,3-4H2;1,3-6,10-11H,2H2;1H4/t9?,10?,11-;10?,11-;/m11./s1. The van der Waals surface area contributed by atoms with E-state index in [-0.39, 0.29) is 37.8 Å². The summed E-state index contributed by atoms with van der Waals surface area (Å²) in [4.78, 5) is 20.5. The minimum absolute atomic E-state index is 0. The number of benzene rings is 2. The summed E-state index contributed by atoms with van der Waals surface area (Å²) in [7, 11) is 0. The molecular formula is C23H24F4N2O7. The van der Waals surface area contributed by atoms with Crippen LogP contribution in [0.15, 0.2) is 48.7 Å². The second kappa shape index (κ2) is 12.4. The molecular weight excluding hydrogens is 492 g/mol. The van der Waals surface area contributed by atoms with Crippen LogP contribution in [0.1, 0.15) is 50.0 Å². The molecule has 4 rings (SSSR count). The topological polar surface area (TPSA) is 125 Å². The largest absolute Gasteiger partial charge is 0.486 e. The van der Waals surface area contributed by atoms with Gasteiger partial charge in [0.15, 0.2) is 18.5 Å². The Balaban J connectivity index is 0.000000247. The van der Waals surface area contributed by atoms with Gasteiger partial charge in [-0.3, -0.25) is 20.2 Å².